The van der Waals surface area contributed by atoms with E-state index in [1.54, 1.807) is 11.4 Å². The Balaban J connectivity index is 1.61. The van der Waals surface area contributed by atoms with Crippen molar-refractivity contribution in [3.63, 3.8) is 0 Å². The summed E-state index contributed by atoms with van der Waals surface area (Å²) >= 11 is 0. The third kappa shape index (κ3) is 2.83. The minimum Gasteiger partial charge on any atom is -0.385 e. The van der Waals surface area contributed by atoms with E-state index in [0.717, 1.165) is 30.9 Å². The fourth-order valence-electron chi connectivity index (χ4n) is 3.43. The van der Waals surface area contributed by atoms with Crippen molar-refractivity contribution in [2.75, 3.05) is 11.9 Å². The number of nitrogens with zero attached hydrogens (tertiary/aromatic N) is 4. The van der Waals surface area contributed by atoms with Gasteiger partial charge in [0, 0.05) is 37.7 Å². The molecule has 0 unspecified atom stereocenters. The first-order valence-electron chi connectivity index (χ1n) is 8.94. The highest BCUT2D eigenvalue weighted by molar-refractivity contribution is 5.75. The molecule has 0 aliphatic rings. The van der Waals surface area contributed by atoms with Crippen molar-refractivity contribution in [3.8, 4) is 0 Å². The molecule has 0 amide bonds. The summed E-state index contributed by atoms with van der Waals surface area (Å²) in [4.78, 5) is 31.0. The first-order chi connectivity index (χ1) is 13.0. The summed E-state index contributed by atoms with van der Waals surface area (Å²) in [5, 5.41) is 3.45. The Morgan fingerprint density at radius 3 is 2.74 bits per heavy atom. The molecule has 1 aromatic carbocycles. The molecule has 0 fully saturated rings. The molecule has 0 atom stereocenters. The van der Waals surface area contributed by atoms with E-state index < -0.39 is 11.2 Å². The summed E-state index contributed by atoms with van der Waals surface area (Å²) in [6.07, 6.45) is 2.79. The van der Waals surface area contributed by atoms with E-state index >= 15 is 0 Å². The Kier molecular flexibility index (Phi) is 4.10. The summed E-state index contributed by atoms with van der Waals surface area (Å²) in [6.45, 7) is 5.66. The van der Waals surface area contributed by atoms with Crippen LogP contribution >= 0.6 is 0 Å². The second-order valence-electron chi connectivity index (χ2n) is 6.79. The standard InChI is InChI=1S/C19H22N6O2/c1-12-7-4-5-8-14(12)20-9-6-10-24-13(2)11-25-15-16(21-18(24)25)23(3)19(27)22-17(15)26/h4-5,7-8,11,20H,6,9-10H2,1-3H3,(H,22,26,27). The topological polar surface area (TPSA) is 89.1 Å². The summed E-state index contributed by atoms with van der Waals surface area (Å²) in [5.41, 5.74) is 3.29. The van der Waals surface area contributed by atoms with Gasteiger partial charge >= 0.3 is 5.69 Å². The first kappa shape index (κ1) is 17.1. The molecule has 0 bridgehead atoms. The molecule has 0 saturated heterocycles. The highest BCUT2D eigenvalue weighted by atomic mass is 16.2. The summed E-state index contributed by atoms with van der Waals surface area (Å²) in [7, 11) is 1.61. The quantitative estimate of drug-likeness (QED) is 0.527. The van der Waals surface area contributed by atoms with Gasteiger partial charge in [-0.3, -0.25) is 18.7 Å². The third-order valence-electron chi connectivity index (χ3n) is 4.93. The lowest BCUT2D eigenvalue weighted by atomic mass is 10.2. The molecular formula is C19H22N6O2. The minimum absolute atomic E-state index is 0.394. The lowest BCUT2D eigenvalue weighted by molar-refractivity contribution is 0.660. The number of fused-ring (bicyclic) bond motifs is 3. The zero-order chi connectivity index (χ0) is 19.1. The zero-order valence-electron chi connectivity index (χ0n) is 15.6. The Hall–Kier alpha value is -3.29. The molecule has 0 aliphatic heterocycles. The van der Waals surface area contributed by atoms with Crippen molar-refractivity contribution in [2.24, 2.45) is 7.05 Å². The molecular weight excluding hydrogens is 344 g/mol. The van der Waals surface area contributed by atoms with Crippen LogP contribution < -0.4 is 16.6 Å². The second kappa shape index (κ2) is 6.46. The number of hydrogen-bond donors (Lipinski definition) is 2. The van der Waals surface area contributed by atoms with Crippen LogP contribution in [-0.4, -0.2) is 30.0 Å². The van der Waals surface area contributed by atoms with Crippen LogP contribution in [0.25, 0.3) is 16.9 Å². The van der Waals surface area contributed by atoms with Crippen LogP contribution in [0.5, 0.6) is 0 Å². The van der Waals surface area contributed by atoms with Crippen molar-refractivity contribution in [2.45, 2.75) is 26.8 Å². The lowest BCUT2D eigenvalue weighted by Gasteiger charge is -2.10. The fraction of sp³-hybridized carbons (Fsp3) is 0.316. The van der Waals surface area contributed by atoms with Gasteiger partial charge in [-0.15, -0.1) is 0 Å². The Morgan fingerprint density at radius 2 is 1.96 bits per heavy atom. The van der Waals surface area contributed by atoms with Crippen LogP contribution in [-0.2, 0) is 13.6 Å². The van der Waals surface area contributed by atoms with Crippen LogP contribution in [0, 0.1) is 13.8 Å². The van der Waals surface area contributed by atoms with Crippen molar-refractivity contribution in [1.82, 2.24) is 23.5 Å². The number of rotatable bonds is 5. The van der Waals surface area contributed by atoms with Gasteiger partial charge in [0.15, 0.2) is 11.2 Å². The molecule has 8 heteroatoms. The van der Waals surface area contributed by atoms with Gasteiger partial charge in [-0.25, -0.2) is 4.79 Å². The number of aryl methyl sites for hydroxylation is 4. The zero-order valence-corrected chi connectivity index (χ0v) is 15.6. The third-order valence-corrected chi connectivity index (χ3v) is 4.93. The molecule has 140 valence electrons. The van der Waals surface area contributed by atoms with Gasteiger partial charge in [-0.1, -0.05) is 18.2 Å². The Morgan fingerprint density at radius 1 is 1.19 bits per heavy atom. The van der Waals surface area contributed by atoms with E-state index in [4.69, 9.17) is 0 Å². The number of nitrogens with one attached hydrogen (secondary N) is 2. The molecule has 3 heterocycles. The maximum absolute atomic E-state index is 12.2. The van der Waals surface area contributed by atoms with Crippen molar-refractivity contribution < 1.29 is 0 Å². The van der Waals surface area contributed by atoms with Crippen molar-refractivity contribution in [3.05, 3.63) is 62.6 Å². The number of H-pyrrole nitrogens is 1. The monoisotopic (exact) mass is 366 g/mol. The number of imidazole rings is 2. The van der Waals surface area contributed by atoms with E-state index in [1.165, 1.54) is 10.1 Å². The lowest BCUT2D eigenvalue weighted by Crippen LogP contribution is -2.28. The Bertz CT molecular complexity index is 1260. The smallest absolute Gasteiger partial charge is 0.329 e. The van der Waals surface area contributed by atoms with Gasteiger partial charge in [-0.05, 0) is 31.9 Å². The molecule has 0 radical (unpaired) electrons. The molecule has 4 rings (SSSR count). The maximum Gasteiger partial charge on any atom is 0.329 e. The number of benzene rings is 1. The summed E-state index contributed by atoms with van der Waals surface area (Å²) < 4.78 is 5.20. The fourth-order valence-corrected chi connectivity index (χ4v) is 3.43. The number of para-hydroxylation sites is 1. The molecule has 27 heavy (non-hydrogen) atoms. The average Bonchev–Trinajstić information content (AvgIpc) is 3.14. The van der Waals surface area contributed by atoms with Gasteiger partial charge in [0.05, 0.1) is 0 Å². The van der Waals surface area contributed by atoms with Crippen molar-refractivity contribution in [1.29, 1.82) is 0 Å². The largest absolute Gasteiger partial charge is 0.385 e. The van der Waals surface area contributed by atoms with Gasteiger partial charge in [0.25, 0.3) is 5.56 Å². The average molecular weight is 366 g/mol. The van der Waals surface area contributed by atoms with Crippen LogP contribution in [0.3, 0.4) is 0 Å². The van der Waals surface area contributed by atoms with Gasteiger partial charge in [-0.2, -0.15) is 4.98 Å². The minimum atomic E-state index is -0.459. The number of aromatic nitrogens is 5. The van der Waals surface area contributed by atoms with E-state index in [0.29, 0.717) is 16.9 Å². The number of hydrogen-bond acceptors (Lipinski definition) is 4. The first-order valence-corrected chi connectivity index (χ1v) is 8.94. The number of aromatic amines is 1. The molecule has 0 saturated carbocycles. The molecule has 0 aliphatic carbocycles. The van der Waals surface area contributed by atoms with Gasteiger partial charge in [0.1, 0.15) is 0 Å². The number of anilines is 1. The van der Waals surface area contributed by atoms with Crippen molar-refractivity contribution >= 4 is 22.6 Å². The predicted molar refractivity (Wildman–Crippen MR) is 106 cm³/mol. The highest BCUT2D eigenvalue weighted by Crippen LogP contribution is 2.17. The molecule has 4 aromatic rings. The van der Waals surface area contributed by atoms with E-state index in [-0.39, 0.29) is 0 Å². The van der Waals surface area contributed by atoms with Crippen LogP contribution in [0.15, 0.2) is 40.1 Å². The van der Waals surface area contributed by atoms with Crippen LogP contribution in [0.4, 0.5) is 5.69 Å². The molecule has 0 spiro atoms. The summed E-state index contributed by atoms with van der Waals surface area (Å²) in [6, 6.07) is 8.20. The van der Waals surface area contributed by atoms with E-state index in [9.17, 15) is 9.59 Å². The molecule has 2 N–H and O–H groups in total. The normalized spacial score (nSPS) is 11.5. The maximum atomic E-state index is 12.2. The van der Waals surface area contributed by atoms with E-state index in [2.05, 4.69) is 38.9 Å². The van der Waals surface area contributed by atoms with Crippen LogP contribution in [0.2, 0.25) is 0 Å². The Labute approximate surface area is 155 Å². The van der Waals surface area contributed by atoms with E-state index in [1.807, 2.05) is 25.3 Å². The van der Waals surface area contributed by atoms with Crippen LogP contribution in [0.1, 0.15) is 17.7 Å². The summed E-state index contributed by atoms with van der Waals surface area (Å²) in [5.74, 6) is 0.671. The molecule has 3 aromatic heterocycles. The molecule has 8 nitrogen and oxygen atoms in total. The highest BCUT2D eigenvalue weighted by Gasteiger charge is 2.17. The van der Waals surface area contributed by atoms with Gasteiger partial charge in [0.2, 0.25) is 5.78 Å². The van der Waals surface area contributed by atoms with Gasteiger partial charge < -0.3 is 9.88 Å². The second-order valence-corrected chi connectivity index (χ2v) is 6.79. The SMILES string of the molecule is Cc1ccccc1NCCCn1c(C)cn2c3c(=O)[nH]c(=O)n(C)c3nc12. The predicted octanol–water partition coefficient (Wildman–Crippen LogP) is 1.80.